The Balaban J connectivity index is 3.44. The maximum atomic E-state index is 13.0. The molecule has 0 heterocycles. The highest BCUT2D eigenvalue weighted by molar-refractivity contribution is 5.55. The average molecular weight is 276 g/mol. The Labute approximate surface area is 109 Å². The molecule has 6 heteroatoms. The monoisotopic (exact) mass is 276 g/mol. The Bertz CT molecular complexity index is 455. The SMILES string of the molecule is COc1cc(C(C)CC=O)c(C(F)(F)F)cc1OC. The van der Waals surface area contributed by atoms with Crippen LogP contribution in [0, 0.1) is 0 Å². The highest BCUT2D eigenvalue weighted by atomic mass is 19.4. The normalized spacial score (nSPS) is 12.9. The van der Waals surface area contributed by atoms with Crippen LogP contribution in [-0.2, 0) is 11.0 Å². The van der Waals surface area contributed by atoms with Crippen molar-refractivity contribution in [2.24, 2.45) is 0 Å². The second-order valence-corrected chi connectivity index (χ2v) is 4.10. The lowest BCUT2D eigenvalue weighted by molar-refractivity contribution is -0.138. The molecule has 0 spiro atoms. The first-order valence-electron chi connectivity index (χ1n) is 5.61. The zero-order chi connectivity index (χ0) is 14.6. The number of carbonyl (C=O) groups excluding carboxylic acids is 1. The summed E-state index contributed by atoms with van der Waals surface area (Å²) in [6.07, 6.45) is -3.90. The number of methoxy groups -OCH3 is 2. The van der Waals surface area contributed by atoms with Gasteiger partial charge in [0.15, 0.2) is 11.5 Å². The fourth-order valence-corrected chi connectivity index (χ4v) is 1.82. The summed E-state index contributed by atoms with van der Waals surface area (Å²) in [4.78, 5) is 10.5. The number of carbonyl (C=O) groups is 1. The molecule has 1 atom stereocenters. The molecule has 1 aromatic rings. The van der Waals surface area contributed by atoms with Crippen LogP contribution in [0.2, 0.25) is 0 Å². The van der Waals surface area contributed by atoms with Gasteiger partial charge in [-0.05, 0) is 23.6 Å². The van der Waals surface area contributed by atoms with Gasteiger partial charge in [0, 0.05) is 6.42 Å². The summed E-state index contributed by atoms with van der Waals surface area (Å²) >= 11 is 0. The lowest BCUT2D eigenvalue weighted by Crippen LogP contribution is -2.12. The van der Waals surface area contributed by atoms with Gasteiger partial charge in [0.05, 0.1) is 19.8 Å². The van der Waals surface area contributed by atoms with E-state index in [0.717, 1.165) is 6.07 Å². The van der Waals surface area contributed by atoms with Crippen LogP contribution in [0.4, 0.5) is 13.2 Å². The van der Waals surface area contributed by atoms with Gasteiger partial charge in [-0.25, -0.2) is 0 Å². The zero-order valence-corrected chi connectivity index (χ0v) is 10.9. The molecule has 0 aliphatic heterocycles. The molecule has 19 heavy (non-hydrogen) atoms. The average Bonchev–Trinajstić information content (AvgIpc) is 2.36. The van der Waals surface area contributed by atoms with Crippen molar-refractivity contribution < 1.29 is 27.4 Å². The molecule has 0 aromatic heterocycles. The van der Waals surface area contributed by atoms with Crippen molar-refractivity contribution in [3.8, 4) is 11.5 Å². The minimum Gasteiger partial charge on any atom is -0.493 e. The topological polar surface area (TPSA) is 35.5 Å². The molecule has 0 bridgehead atoms. The van der Waals surface area contributed by atoms with E-state index >= 15 is 0 Å². The van der Waals surface area contributed by atoms with E-state index in [4.69, 9.17) is 9.47 Å². The van der Waals surface area contributed by atoms with E-state index in [2.05, 4.69) is 0 Å². The Morgan fingerprint density at radius 2 is 1.74 bits per heavy atom. The lowest BCUT2D eigenvalue weighted by atomic mass is 9.92. The highest BCUT2D eigenvalue weighted by Gasteiger charge is 2.36. The summed E-state index contributed by atoms with van der Waals surface area (Å²) in [7, 11) is 2.62. The van der Waals surface area contributed by atoms with Gasteiger partial charge in [0.1, 0.15) is 6.29 Å². The summed E-state index contributed by atoms with van der Waals surface area (Å²) in [5, 5.41) is 0. The van der Waals surface area contributed by atoms with E-state index in [1.807, 2.05) is 0 Å². The van der Waals surface area contributed by atoms with Crippen LogP contribution in [0.3, 0.4) is 0 Å². The second-order valence-electron chi connectivity index (χ2n) is 4.10. The molecule has 0 aliphatic rings. The van der Waals surface area contributed by atoms with E-state index in [0.29, 0.717) is 6.29 Å². The molecule has 106 valence electrons. The third-order valence-corrected chi connectivity index (χ3v) is 2.84. The van der Waals surface area contributed by atoms with Gasteiger partial charge in [0.2, 0.25) is 0 Å². The molecule has 0 amide bonds. The standard InChI is InChI=1S/C13H15F3O3/c1-8(4-5-17)9-6-11(18-2)12(19-3)7-10(9)13(14,15)16/h5-8H,4H2,1-3H3. The van der Waals surface area contributed by atoms with Gasteiger partial charge < -0.3 is 14.3 Å². The first kappa shape index (κ1) is 15.3. The van der Waals surface area contributed by atoms with Crippen molar-refractivity contribution in [3.63, 3.8) is 0 Å². The van der Waals surface area contributed by atoms with Crippen molar-refractivity contribution in [2.75, 3.05) is 14.2 Å². The van der Waals surface area contributed by atoms with Crippen molar-refractivity contribution in [1.82, 2.24) is 0 Å². The lowest BCUT2D eigenvalue weighted by Gasteiger charge is -2.19. The molecular formula is C13H15F3O3. The van der Waals surface area contributed by atoms with Crippen LogP contribution < -0.4 is 9.47 Å². The maximum absolute atomic E-state index is 13.0. The van der Waals surface area contributed by atoms with Crippen LogP contribution in [0.15, 0.2) is 12.1 Å². The van der Waals surface area contributed by atoms with E-state index in [1.165, 1.54) is 20.3 Å². The first-order valence-corrected chi connectivity index (χ1v) is 5.61. The predicted octanol–water partition coefficient (Wildman–Crippen LogP) is 3.42. The molecule has 1 unspecified atom stereocenters. The third-order valence-electron chi connectivity index (χ3n) is 2.84. The van der Waals surface area contributed by atoms with Gasteiger partial charge >= 0.3 is 6.18 Å². The van der Waals surface area contributed by atoms with Crippen molar-refractivity contribution in [1.29, 1.82) is 0 Å². The smallest absolute Gasteiger partial charge is 0.416 e. The van der Waals surface area contributed by atoms with Crippen LogP contribution in [0.1, 0.15) is 30.4 Å². The first-order chi connectivity index (χ1) is 8.85. The quantitative estimate of drug-likeness (QED) is 0.773. The third kappa shape index (κ3) is 3.39. The van der Waals surface area contributed by atoms with E-state index in [9.17, 15) is 18.0 Å². The van der Waals surface area contributed by atoms with Gasteiger partial charge in [0.25, 0.3) is 0 Å². The number of alkyl halides is 3. The molecule has 0 aliphatic carbocycles. The summed E-state index contributed by atoms with van der Waals surface area (Å²) < 4.78 is 48.9. The van der Waals surface area contributed by atoms with Crippen molar-refractivity contribution >= 4 is 6.29 Å². The minimum absolute atomic E-state index is 0.0110. The number of aldehydes is 1. The number of ether oxygens (including phenoxy) is 2. The molecule has 0 N–H and O–H groups in total. The molecule has 0 saturated carbocycles. The molecule has 0 saturated heterocycles. The van der Waals surface area contributed by atoms with Crippen molar-refractivity contribution in [3.05, 3.63) is 23.3 Å². The number of benzene rings is 1. The number of hydrogen-bond acceptors (Lipinski definition) is 3. The summed E-state index contributed by atoms with van der Waals surface area (Å²) in [6, 6.07) is 2.17. The van der Waals surface area contributed by atoms with Crippen LogP contribution in [-0.4, -0.2) is 20.5 Å². The van der Waals surface area contributed by atoms with E-state index < -0.39 is 17.7 Å². The van der Waals surface area contributed by atoms with E-state index in [-0.39, 0.29) is 23.5 Å². The summed E-state index contributed by atoms with van der Waals surface area (Å²) in [6.45, 7) is 1.56. The number of hydrogen-bond donors (Lipinski definition) is 0. The highest BCUT2D eigenvalue weighted by Crippen LogP contribution is 2.42. The molecule has 1 rings (SSSR count). The largest absolute Gasteiger partial charge is 0.493 e. The molecule has 0 fully saturated rings. The Kier molecular flexibility index (Phi) is 4.80. The molecule has 0 radical (unpaired) electrons. The molecule has 1 aromatic carbocycles. The molecule has 3 nitrogen and oxygen atoms in total. The van der Waals surface area contributed by atoms with Crippen molar-refractivity contribution in [2.45, 2.75) is 25.4 Å². The second kappa shape index (κ2) is 5.95. The van der Waals surface area contributed by atoms with Gasteiger partial charge in [-0.3, -0.25) is 0 Å². The Morgan fingerprint density at radius 3 is 2.16 bits per heavy atom. The van der Waals surface area contributed by atoms with E-state index in [1.54, 1.807) is 6.92 Å². The van der Waals surface area contributed by atoms with Gasteiger partial charge in [-0.1, -0.05) is 6.92 Å². The summed E-state index contributed by atoms with van der Waals surface area (Å²) in [5.41, 5.74) is -0.781. The van der Waals surface area contributed by atoms with Crippen LogP contribution >= 0.6 is 0 Å². The van der Waals surface area contributed by atoms with Gasteiger partial charge in [-0.15, -0.1) is 0 Å². The van der Waals surface area contributed by atoms with Crippen LogP contribution in [0.5, 0.6) is 11.5 Å². The fourth-order valence-electron chi connectivity index (χ4n) is 1.82. The Morgan fingerprint density at radius 1 is 1.21 bits per heavy atom. The summed E-state index contributed by atoms with van der Waals surface area (Å²) in [5.74, 6) is -0.325. The number of halogens is 3. The maximum Gasteiger partial charge on any atom is 0.416 e. The predicted molar refractivity (Wildman–Crippen MR) is 63.6 cm³/mol. The zero-order valence-electron chi connectivity index (χ0n) is 10.9. The van der Waals surface area contributed by atoms with Crippen LogP contribution in [0.25, 0.3) is 0 Å². The Hall–Kier alpha value is -1.72. The molecular weight excluding hydrogens is 261 g/mol. The minimum atomic E-state index is -4.51. The number of rotatable bonds is 5. The van der Waals surface area contributed by atoms with Gasteiger partial charge in [-0.2, -0.15) is 13.2 Å². The fraction of sp³-hybridized carbons (Fsp3) is 0.462.